The summed E-state index contributed by atoms with van der Waals surface area (Å²) in [5.41, 5.74) is 0.833. The lowest BCUT2D eigenvalue weighted by atomic mass is 10.0. The summed E-state index contributed by atoms with van der Waals surface area (Å²) < 4.78 is 5.53. The Labute approximate surface area is 138 Å². The van der Waals surface area contributed by atoms with Gasteiger partial charge in [-0.1, -0.05) is 11.6 Å². The minimum absolute atomic E-state index is 0.114. The average Bonchev–Trinajstić information content (AvgIpc) is 2.92. The molecule has 0 spiro atoms. The molecule has 1 aromatic carbocycles. The molecule has 2 aromatic rings. The van der Waals surface area contributed by atoms with Crippen molar-refractivity contribution in [3.05, 3.63) is 45.4 Å². The topological polar surface area (TPSA) is 63.0 Å². The molecule has 0 aliphatic rings. The van der Waals surface area contributed by atoms with Crippen molar-refractivity contribution >= 4 is 28.7 Å². The van der Waals surface area contributed by atoms with Gasteiger partial charge in [-0.2, -0.15) is 5.26 Å². The molecule has 0 aliphatic heterocycles. The van der Waals surface area contributed by atoms with Gasteiger partial charge in [-0.3, -0.25) is 4.79 Å². The normalized spacial score (nSPS) is 11.7. The standard InChI is InChI=1S/C16H15ClN2O2S/c1-11-10-22-16(19-11)14(9-18)15(20)3-2-8-21-13-6-4-12(17)5-7-13/h4-7,10,14H,2-3,8H2,1H3. The zero-order chi connectivity index (χ0) is 15.9. The third-order valence-corrected chi connectivity index (χ3v) is 4.26. The van der Waals surface area contributed by atoms with Crippen molar-refractivity contribution in [1.82, 2.24) is 4.98 Å². The first-order valence-electron chi connectivity index (χ1n) is 6.83. The average molecular weight is 335 g/mol. The predicted molar refractivity (Wildman–Crippen MR) is 86.4 cm³/mol. The van der Waals surface area contributed by atoms with Crippen LogP contribution in [0, 0.1) is 18.3 Å². The molecule has 1 heterocycles. The third-order valence-electron chi connectivity index (χ3n) is 2.98. The van der Waals surface area contributed by atoms with Gasteiger partial charge < -0.3 is 4.74 Å². The maximum atomic E-state index is 12.1. The van der Waals surface area contributed by atoms with E-state index in [9.17, 15) is 10.1 Å². The van der Waals surface area contributed by atoms with Crippen LogP contribution in [-0.4, -0.2) is 17.4 Å². The molecule has 1 atom stereocenters. The Kier molecular flexibility index (Phi) is 5.93. The molecule has 0 amide bonds. The summed E-state index contributed by atoms with van der Waals surface area (Å²) in [6.45, 7) is 2.27. The van der Waals surface area contributed by atoms with Crippen molar-refractivity contribution in [3.8, 4) is 11.8 Å². The van der Waals surface area contributed by atoms with E-state index in [1.807, 2.05) is 18.4 Å². The largest absolute Gasteiger partial charge is 0.494 e. The molecule has 1 aromatic heterocycles. The van der Waals surface area contributed by atoms with E-state index in [0.29, 0.717) is 35.2 Å². The fourth-order valence-electron chi connectivity index (χ4n) is 1.88. The van der Waals surface area contributed by atoms with Crippen molar-refractivity contribution in [2.24, 2.45) is 0 Å². The molecule has 0 fully saturated rings. The van der Waals surface area contributed by atoms with Crippen LogP contribution in [0.15, 0.2) is 29.6 Å². The van der Waals surface area contributed by atoms with Crippen LogP contribution in [-0.2, 0) is 4.79 Å². The summed E-state index contributed by atoms with van der Waals surface area (Å²) in [7, 11) is 0. The number of halogens is 1. The fraction of sp³-hybridized carbons (Fsp3) is 0.312. The van der Waals surface area contributed by atoms with Crippen LogP contribution in [0.4, 0.5) is 0 Å². The highest BCUT2D eigenvalue weighted by atomic mass is 35.5. The number of carbonyl (C=O) groups excluding carboxylic acids is 1. The van der Waals surface area contributed by atoms with E-state index in [1.165, 1.54) is 11.3 Å². The Morgan fingerprint density at radius 1 is 1.45 bits per heavy atom. The van der Waals surface area contributed by atoms with Gasteiger partial charge in [-0.05, 0) is 37.6 Å². The van der Waals surface area contributed by atoms with Crippen molar-refractivity contribution in [3.63, 3.8) is 0 Å². The minimum atomic E-state index is -0.769. The number of aryl methyl sites for hydroxylation is 1. The first kappa shape index (κ1) is 16.5. The monoisotopic (exact) mass is 334 g/mol. The number of nitrogens with zero attached hydrogens (tertiary/aromatic N) is 2. The van der Waals surface area contributed by atoms with Crippen molar-refractivity contribution < 1.29 is 9.53 Å². The van der Waals surface area contributed by atoms with Crippen LogP contribution < -0.4 is 4.74 Å². The molecule has 0 radical (unpaired) electrons. The molecule has 2 rings (SSSR count). The number of thiazole rings is 1. The van der Waals surface area contributed by atoms with Gasteiger partial charge in [-0.25, -0.2) is 4.98 Å². The zero-order valence-corrected chi connectivity index (χ0v) is 13.7. The second kappa shape index (κ2) is 7.92. The first-order valence-corrected chi connectivity index (χ1v) is 8.08. The van der Waals surface area contributed by atoms with Crippen LogP contribution in [0.2, 0.25) is 5.02 Å². The summed E-state index contributed by atoms with van der Waals surface area (Å²) in [6.07, 6.45) is 0.856. The lowest BCUT2D eigenvalue weighted by Crippen LogP contribution is -2.12. The summed E-state index contributed by atoms with van der Waals surface area (Å²) in [5, 5.41) is 12.2. The number of Topliss-reactive ketones (excluding diaryl/α,β-unsaturated/α-hetero) is 1. The summed E-state index contributed by atoms with van der Waals surface area (Å²) in [4.78, 5) is 16.3. The lowest BCUT2D eigenvalue weighted by Gasteiger charge is -2.07. The fourth-order valence-corrected chi connectivity index (χ4v) is 2.87. The molecule has 4 nitrogen and oxygen atoms in total. The Morgan fingerprint density at radius 2 is 2.18 bits per heavy atom. The third kappa shape index (κ3) is 4.55. The quantitative estimate of drug-likeness (QED) is 0.714. The van der Waals surface area contributed by atoms with Gasteiger partial charge in [-0.15, -0.1) is 11.3 Å². The van der Waals surface area contributed by atoms with Crippen LogP contribution in [0.1, 0.15) is 29.5 Å². The number of aromatic nitrogens is 1. The minimum Gasteiger partial charge on any atom is -0.494 e. The SMILES string of the molecule is Cc1csc(C(C#N)C(=O)CCCOc2ccc(Cl)cc2)n1. The van der Waals surface area contributed by atoms with E-state index < -0.39 is 5.92 Å². The van der Waals surface area contributed by atoms with Crippen LogP contribution in [0.25, 0.3) is 0 Å². The van der Waals surface area contributed by atoms with Crippen molar-refractivity contribution in [1.29, 1.82) is 5.26 Å². The number of nitriles is 1. The Balaban J connectivity index is 1.79. The first-order chi connectivity index (χ1) is 10.6. The lowest BCUT2D eigenvalue weighted by molar-refractivity contribution is -0.119. The van der Waals surface area contributed by atoms with Gasteiger partial charge in [0.1, 0.15) is 10.8 Å². The molecule has 0 bridgehead atoms. The molecular weight excluding hydrogens is 320 g/mol. The highest BCUT2D eigenvalue weighted by Crippen LogP contribution is 2.22. The Bertz CT molecular complexity index is 676. The number of carbonyl (C=O) groups is 1. The van der Waals surface area contributed by atoms with Gasteiger partial charge in [0.2, 0.25) is 0 Å². The molecule has 0 saturated heterocycles. The summed E-state index contributed by atoms with van der Waals surface area (Å²) in [6, 6.07) is 9.09. The van der Waals surface area contributed by atoms with Gasteiger partial charge in [0.25, 0.3) is 0 Å². The van der Waals surface area contributed by atoms with Crippen molar-refractivity contribution in [2.45, 2.75) is 25.7 Å². The smallest absolute Gasteiger partial charge is 0.157 e. The Hall–Kier alpha value is -1.90. The molecule has 1 unspecified atom stereocenters. The number of hydrogen-bond acceptors (Lipinski definition) is 5. The van der Waals surface area contributed by atoms with Gasteiger partial charge in [0.15, 0.2) is 11.7 Å². The molecule has 22 heavy (non-hydrogen) atoms. The molecule has 0 saturated carbocycles. The van der Waals surface area contributed by atoms with Crippen LogP contribution >= 0.6 is 22.9 Å². The van der Waals surface area contributed by atoms with Gasteiger partial charge in [0, 0.05) is 22.5 Å². The predicted octanol–water partition coefficient (Wildman–Crippen LogP) is 4.14. The van der Waals surface area contributed by atoms with E-state index in [2.05, 4.69) is 4.98 Å². The van der Waals surface area contributed by atoms with E-state index in [1.54, 1.807) is 24.3 Å². The van der Waals surface area contributed by atoms with Crippen molar-refractivity contribution in [2.75, 3.05) is 6.61 Å². The van der Waals surface area contributed by atoms with E-state index in [0.717, 1.165) is 5.69 Å². The summed E-state index contributed by atoms with van der Waals surface area (Å²) in [5.74, 6) is -0.171. The van der Waals surface area contributed by atoms with Crippen LogP contribution in [0.5, 0.6) is 5.75 Å². The van der Waals surface area contributed by atoms with E-state index in [4.69, 9.17) is 16.3 Å². The highest BCUT2D eigenvalue weighted by Gasteiger charge is 2.22. The number of benzene rings is 1. The maximum Gasteiger partial charge on any atom is 0.157 e. The molecular formula is C16H15ClN2O2S. The highest BCUT2D eigenvalue weighted by molar-refractivity contribution is 7.09. The number of ketones is 1. The maximum absolute atomic E-state index is 12.1. The van der Waals surface area contributed by atoms with E-state index in [-0.39, 0.29) is 5.78 Å². The number of ether oxygens (including phenoxy) is 1. The van der Waals surface area contributed by atoms with E-state index >= 15 is 0 Å². The van der Waals surface area contributed by atoms with Gasteiger partial charge >= 0.3 is 0 Å². The van der Waals surface area contributed by atoms with Crippen LogP contribution in [0.3, 0.4) is 0 Å². The van der Waals surface area contributed by atoms with Gasteiger partial charge in [0.05, 0.1) is 12.7 Å². The molecule has 6 heteroatoms. The zero-order valence-electron chi connectivity index (χ0n) is 12.1. The molecule has 0 aliphatic carbocycles. The molecule has 114 valence electrons. The second-order valence-corrected chi connectivity index (χ2v) is 6.09. The molecule has 0 N–H and O–H groups in total. The number of rotatable bonds is 7. The summed E-state index contributed by atoms with van der Waals surface area (Å²) >= 11 is 7.14. The number of hydrogen-bond donors (Lipinski definition) is 0. The Morgan fingerprint density at radius 3 is 2.77 bits per heavy atom. The second-order valence-electron chi connectivity index (χ2n) is 4.76.